The molecule has 0 unspecified atom stereocenters. The van der Waals surface area contributed by atoms with Crippen LogP contribution in [0.25, 0.3) is 0 Å². The summed E-state index contributed by atoms with van der Waals surface area (Å²) in [7, 11) is 0. The summed E-state index contributed by atoms with van der Waals surface area (Å²) in [5.74, 6) is -0.292. The van der Waals surface area contributed by atoms with Gasteiger partial charge in [-0.3, -0.25) is 4.79 Å². The number of ketones is 1. The second-order valence-electron chi connectivity index (χ2n) is 2.21. The smallest absolute Gasteiger partial charge is 0.330 e. The molecule has 1 fully saturated rings. The Morgan fingerprint density at radius 2 is 2.30 bits per heavy atom. The second-order valence-corrected chi connectivity index (χ2v) is 2.21. The maximum Gasteiger partial charge on any atom is 0.330 e. The molecule has 1 aliphatic carbocycles. The van der Waals surface area contributed by atoms with E-state index in [1.165, 1.54) is 0 Å². The Hall–Kier alpha value is -1.12. The van der Waals surface area contributed by atoms with Crippen LogP contribution in [0.15, 0.2) is 12.7 Å². The van der Waals surface area contributed by atoms with Crippen molar-refractivity contribution in [3.05, 3.63) is 12.7 Å². The predicted octanol–water partition coefficient (Wildman–Crippen LogP) is 0.447. The maximum absolute atomic E-state index is 10.5. The lowest BCUT2D eigenvalue weighted by Gasteiger charge is -2.22. The molecule has 0 N–H and O–H groups in total. The molecule has 0 aromatic carbocycles. The standard InChI is InChI=1S/C7H8O3/c1-2-7(9)10-6-3-5(8)4-6/h2,6H,1,3-4H2. The van der Waals surface area contributed by atoms with Crippen molar-refractivity contribution in [1.82, 2.24) is 0 Å². The summed E-state index contributed by atoms with van der Waals surface area (Å²) < 4.78 is 4.73. The first-order valence-electron chi connectivity index (χ1n) is 3.07. The lowest BCUT2D eigenvalue weighted by Crippen LogP contribution is -2.32. The van der Waals surface area contributed by atoms with Crippen LogP contribution >= 0.6 is 0 Å². The number of carbonyl (C=O) groups excluding carboxylic acids is 2. The van der Waals surface area contributed by atoms with Crippen LogP contribution in [-0.2, 0) is 14.3 Å². The highest BCUT2D eigenvalue weighted by molar-refractivity contribution is 5.87. The summed E-state index contributed by atoms with van der Waals surface area (Å²) >= 11 is 0. The van der Waals surface area contributed by atoms with E-state index in [1.54, 1.807) is 0 Å². The second kappa shape index (κ2) is 2.64. The summed E-state index contributed by atoms with van der Waals surface area (Å²) in [6, 6.07) is 0. The van der Waals surface area contributed by atoms with Gasteiger partial charge in [0.25, 0.3) is 0 Å². The van der Waals surface area contributed by atoms with Crippen LogP contribution in [0.1, 0.15) is 12.8 Å². The summed E-state index contributed by atoms with van der Waals surface area (Å²) in [4.78, 5) is 20.8. The van der Waals surface area contributed by atoms with Gasteiger partial charge >= 0.3 is 5.97 Å². The van der Waals surface area contributed by atoms with E-state index in [-0.39, 0.29) is 11.9 Å². The van der Waals surface area contributed by atoms with Gasteiger partial charge in [0, 0.05) is 18.9 Å². The van der Waals surface area contributed by atoms with Crippen LogP contribution in [-0.4, -0.2) is 17.9 Å². The van der Waals surface area contributed by atoms with Crippen molar-refractivity contribution in [1.29, 1.82) is 0 Å². The minimum absolute atomic E-state index is 0.155. The Kier molecular flexibility index (Phi) is 1.85. The Balaban J connectivity index is 2.22. The Bertz CT molecular complexity index is 175. The fourth-order valence-corrected chi connectivity index (χ4v) is 0.744. The third-order valence-corrected chi connectivity index (χ3v) is 1.36. The average molecular weight is 140 g/mol. The first-order valence-corrected chi connectivity index (χ1v) is 3.07. The molecule has 1 aliphatic rings. The van der Waals surface area contributed by atoms with E-state index in [0.717, 1.165) is 6.08 Å². The molecule has 0 spiro atoms. The predicted molar refractivity (Wildman–Crippen MR) is 34.3 cm³/mol. The molecule has 0 heterocycles. The van der Waals surface area contributed by atoms with Crippen LogP contribution < -0.4 is 0 Å². The lowest BCUT2D eigenvalue weighted by molar-refractivity contribution is -0.151. The zero-order valence-electron chi connectivity index (χ0n) is 5.50. The largest absolute Gasteiger partial charge is 0.458 e. The lowest BCUT2D eigenvalue weighted by atomic mass is 9.94. The van der Waals surface area contributed by atoms with Gasteiger partial charge in [0.2, 0.25) is 0 Å². The molecule has 0 aromatic heterocycles. The molecule has 10 heavy (non-hydrogen) atoms. The zero-order chi connectivity index (χ0) is 7.56. The van der Waals surface area contributed by atoms with Gasteiger partial charge in [-0.1, -0.05) is 6.58 Å². The van der Waals surface area contributed by atoms with Gasteiger partial charge in [-0.25, -0.2) is 4.79 Å². The molecule has 0 radical (unpaired) electrons. The summed E-state index contributed by atoms with van der Waals surface area (Å²) in [6.45, 7) is 3.23. The summed E-state index contributed by atoms with van der Waals surface area (Å²) in [6.07, 6.45) is 1.67. The quantitative estimate of drug-likeness (QED) is 0.413. The molecule has 3 nitrogen and oxygen atoms in total. The van der Waals surface area contributed by atoms with Gasteiger partial charge in [0.15, 0.2) is 0 Å². The van der Waals surface area contributed by atoms with Gasteiger partial charge in [-0.05, 0) is 0 Å². The normalized spacial score (nSPS) is 17.8. The van der Waals surface area contributed by atoms with E-state index >= 15 is 0 Å². The number of hydrogen-bond donors (Lipinski definition) is 0. The van der Waals surface area contributed by atoms with Gasteiger partial charge < -0.3 is 4.74 Å². The fourth-order valence-electron chi connectivity index (χ4n) is 0.744. The molecule has 0 amide bonds. The van der Waals surface area contributed by atoms with Crippen LogP contribution in [0.2, 0.25) is 0 Å². The SMILES string of the molecule is C=CC(=O)OC1CC(=O)C1. The van der Waals surface area contributed by atoms with Crippen molar-refractivity contribution in [2.24, 2.45) is 0 Å². The van der Waals surface area contributed by atoms with Crippen molar-refractivity contribution < 1.29 is 14.3 Å². The van der Waals surface area contributed by atoms with Gasteiger partial charge in [0.1, 0.15) is 11.9 Å². The van der Waals surface area contributed by atoms with Crippen molar-refractivity contribution in [2.75, 3.05) is 0 Å². The summed E-state index contributed by atoms with van der Waals surface area (Å²) in [5.41, 5.74) is 0. The highest BCUT2D eigenvalue weighted by Gasteiger charge is 2.28. The number of rotatable bonds is 2. The van der Waals surface area contributed by atoms with Crippen molar-refractivity contribution in [3.63, 3.8) is 0 Å². The Morgan fingerprint density at radius 3 is 2.70 bits per heavy atom. The number of hydrogen-bond acceptors (Lipinski definition) is 3. The Labute approximate surface area is 58.7 Å². The van der Waals surface area contributed by atoms with Crippen LogP contribution in [0.4, 0.5) is 0 Å². The highest BCUT2D eigenvalue weighted by Crippen LogP contribution is 2.17. The number of ether oxygens (including phenoxy) is 1. The molecule has 0 atom stereocenters. The summed E-state index contributed by atoms with van der Waals surface area (Å²) in [5, 5.41) is 0. The topological polar surface area (TPSA) is 43.4 Å². The van der Waals surface area contributed by atoms with Gasteiger partial charge in [0.05, 0.1) is 0 Å². The van der Waals surface area contributed by atoms with E-state index < -0.39 is 5.97 Å². The minimum Gasteiger partial charge on any atom is -0.458 e. The minimum atomic E-state index is -0.447. The van der Waals surface area contributed by atoms with E-state index in [4.69, 9.17) is 4.74 Å². The van der Waals surface area contributed by atoms with Crippen molar-refractivity contribution >= 4 is 11.8 Å². The third-order valence-electron chi connectivity index (χ3n) is 1.36. The van der Waals surface area contributed by atoms with Crippen molar-refractivity contribution in [2.45, 2.75) is 18.9 Å². The molecule has 0 aromatic rings. The number of esters is 1. The first-order chi connectivity index (χ1) is 4.72. The van der Waals surface area contributed by atoms with E-state index in [0.29, 0.717) is 12.8 Å². The van der Waals surface area contributed by atoms with Crippen molar-refractivity contribution in [3.8, 4) is 0 Å². The molecule has 0 bridgehead atoms. The third kappa shape index (κ3) is 1.43. The fraction of sp³-hybridized carbons (Fsp3) is 0.429. The molecule has 0 aliphatic heterocycles. The monoisotopic (exact) mass is 140 g/mol. The van der Waals surface area contributed by atoms with Crippen LogP contribution in [0.5, 0.6) is 0 Å². The van der Waals surface area contributed by atoms with Crippen LogP contribution in [0, 0.1) is 0 Å². The highest BCUT2D eigenvalue weighted by atomic mass is 16.5. The maximum atomic E-state index is 10.5. The first kappa shape index (κ1) is 6.99. The van der Waals surface area contributed by atoms with E-state index in [9.17, 15) is 9.59 Å². The number of Topliss-reactive ketones (excluding diaryl/α,β-unsaturated/α-hetero) is 1. The van der Waals surface area contributed by atoms with Crippen LogP contribution in [0.3, 0.4) is 0 Å². The van der Waals surface area contributed by atoms with Gasteiger partial charge in [-0.2, -0.15) is 0 Å². The average Bonchev–Trinajstić information content (AvgIpc) is 1.84. The Morgan fingerprint density at radius 1 is 1.70 bits per heavy atom. The number of carbonyl (C=O) groups is 2. The molecular formula is C7H8O3. The molecule has 1 rings (SSSR count). The molecule has 54 valence electrons. The molecule has 1 saturated carbocycles. The molecule has 3 heteroatoms. The molecule has 0 saturated heterocycles. The van der Waals surface area contributed by atoms with E-state index in [1.807, 2.05) is 0 Å². The zero-order valence-corrected chi connectivity index (χ0v) is 5.50. The molecular weight excluding hydrogens is 132 g/mol. The van der Waals surface area contributed by atoms with E-state index in [2.05, 4.69) is 6.58 Å². The van der Waals surface area contributed by atoms with Gasteiger partial charge in [-0.15, -0.1) is 0 Å².